The van der Waals surface area contributed by atoms with Crippen molar-refractivity contribution in [3.8, 4) is 5.75 Å². The summed E-state index contributed by atoms with van der Waals surface area (Å²) in [7, 11) is 0. The van der Waals surface area contributed by atoms with Gasteiger partial charge in [0.1, 0.15) is 0 Å². The van der Waals surface area contributed by atoms with Gasteiger partial charge in [-0.25, -0.2) is 9.18 Å². The Kier molecular flexibility index (Phi) is 7.70. The van der Waals surface area contributed by atoms with E-state index in [2.05, 4.69) is 6.92 Å². The topological polar surface area (TPSA) is 46.5 Å². The lowest BCUT2D eigenvalue weighted by atomic mass is 10.1. The van der Waals surface area contributed by atoms with Crippen molar-refractivity contribution in [2.45, 2.75) is 51.9 Å². The van der Waals surface area contributed by atoms with E-state index in [0.717, 1.165) is 12.8 Å². The number of benzene rings is 1. The van der Waals surface area contributed by atoms with E-state index in [1.165, 1.54) is 50.3 Å². The first kappa shape index (κ1) is 16.5. The van der Waals surface area contributed by atoms with Gasteiger partial charge in [0.2, 0.25) is 0 Å². The molecule has 0 aliphatic carbocycles. The summed E-state index contributed by atoms with van der Waals surface area (Å²) >= 11 is 0. The molecule has 0 saturated heterocycles. The molecule has 20 heavy (non-hydrogen) atoms. The molecule has 0 aliphatic rings. The van der Waals surface area contributed by atoms with Crippen LogP contribution in [0, 0.1) is 5.82 Å². The third kappa shape index (κ3) is 5.59. The molecular weight excluding hydrogens is 259 g/mol. The van der Waals surface area contributed by atoms with Crippen LogP contribution in [0.3, 0.4) is 0 Å². The third-order valence-corrected chi connectivity index (χ3v) is 3.20. The minimum absolute atomic E-state index is 0.0240. The number of carboxylic acids is 1. The summed E-state index contributed by atoms with van der Waals surface area (Å²) in [6.07, 6.45) is 8.11. The number of hydrogen-bond acceptors (Lipinski definition) is 2. The molecule has 0 fully saturated rings. The molecule has 3 nitrogen and oxygen atoms in total. The normalized spacial score (nSPS) is 10.5. The summed E-state index contributed by atoms with van der Waals surface area (Å²) in [5.41, 5.74) is -0.345. The minimum Gasteiger partial charge on any atom is -0.490 e. The molecule has 0 heterocycles. The number of carbonyl (C=O) groups is 1. The predicted molar refractivity (Wildman–Crippen MR) is 76.8 cm³/mol. The van der Waals surface area contributed by atoms with Crippen molar-refractivity contribution in [1.82, 2.24) is 0 Å². The second-order valence-corrected chi connectivity index (χ2v) is 4.89. The Morgan fingerprint density at radius 2 is 1.80 bits per heavy atom. The van der Waals surface area contributed by atoms with Crippen molar-refractivity contribution in [1.29, 1.82) is 0 Å². The number of aromatic carboxylic acids is 1. The minimum atomic E-state index is -1.27. The summed E-state index contributed by atoms with van der Waals surface area (Å²) in [6.45, 7) is 2.61. The van der Waals surface area contributed by atoms with Crippen molar-refractivity contribution >= 4 is 5.97 Å². The monoisotopic (exact) mass is 282 g/mol. The zero-order valence-electron chi connectivity index (χ0n) is 12.0. The fraction of sp³-hybridized carbons (Fsp3) is 0.562. The summed E-state index contributed by atoms with van der Waals surface area (Å²) in [6, 6.07) is 4.19. The van der Waals surface area contributed by atoms with Gasteiger partial charge in [-0.3, -0.25) is 0 Å². The van der Waals surface area contributed by atoms with Gasteiger partial charge in [0.05, 0.1) is 12.2 Å². The summed E-state index contributed by atoms with van der Waals surface area (Å²) in [5, 5.41) is 8.81. The van der Waals surface area contributed by atoms with E-state index in [4.69, 9.17) is 9.84 Å². The molecule has 0 saturated carbocycles. The van der Waals surface area contributed by atoms with Gasteiger partial charge >= 0.3 is 5.97 Å². The second kappa shape index (κ2) is 9.34. The lowest BCUT2D eigenvalue weighted by Crippen LogP contribution is -2.05. The fourth-order valence-electron chi connectivity index (χ4n) is 2.03. The van der Waals surface area contributed by atoms with Crippen LogP contribution in [-0.4, -0.2) is 17.7 Å². The average molecular weight is 282 g/mol. The van der Waals surface area contributed by atoms with Gasteiger partial charge in [-0.15, -0.1) is 0 Å². The maximum Gasteiger partial charge on any atom is 0.338 e. The van der Waals surface area contributed by atoms with Crippen molar-refractivity contribution < 1.29 is 19.0 Å². The van der Waals surface area contributed by atoms with Crippen LogP contribution in [-0.2, 0) is 0 Å². The van der Waals surface area contributed by atoms with Crippen molar-refractivity contribution in [2.75, 3.05) is 6.61 Å². The van der Waals surface area contributed by atoms with Crippen LogP contribution in [0.4, 0.5) is 4.39 Å². The molecule has 0 aliphatic heterocycles. The smallest absolute Gasteiger partial charge is 0.338 e. The first-order valence-electron chi connectivity index (χ1n) is 7.31. The van der Waals surface area contributed by atoms with E-state index in [1.807, 2.05) is 0 Å². The Bertz CT molecular complexity index is 418. The fourth-order valence-corrected chi connectivity index (χ4v) is 2.03. The van der Waals surface area contributed by atoms with Gasteiger partial charge in [-0.2, -0.15) is 0 Å². The van der Waals surface area contributed by atoms with Crippen LogP contribution in [0.1, 0.15) is 62.2 Å². The van der Waals surface area contributed by atoms with Gasteiger partial charge < -0.3 is 9.84 Å². The van der Waals surface area contributed by atoms with Crippen molar-refractivity contribution in [3.05, 3.63) is 29.6 Å². The van der Waals surface area contributed by atoms with E-state index >= 15 is 0 Å². The van der Waals surface area contributed by atoms with Crippen LogP contribution in [0.15, 0.2) is 18.2 Å². The van der Waals surface area contributed by atoms with Gasteiger partial charge in [0, 0.05) is 0 Å². The quantitative estimate of drug-likeness (QED) is 0.635. The summed E-state index contributed by atoms with van der Waals surface area (Å²) in [5.74, 6) is -2.04. The Labute approximate surface area is 119 Å². The molecule has 0 radical (unpaired) electrons. The Hall–Kier alpha value is -1.58. The van der Waals surface area contributed by atoms with Crippen LogP contribution in [0.5, 0.6) is 5.75 Å². The average Bonchev–Trinajstić information content (AvgIpc) is 2.43. The largest absolute Gasteiger partial charge is 0.490 e. The first-order valence-corrected chi connectivity index (χ1v) is 7.31. The predicted octanol–water partition coefficient (Wildman–Crippen LogP) is 4.65. The Morgan fingerprint density at radius 1 is 1.15 bits per heavy atom. The third-order valence-electron chi connectivity index (χ3n) is 3.20. The second-order valence-electron chi connectivity index (χ2n) is 4.89. The molecule has 0 atom stereocenters. The highest BCUT2D eigenvalue weighted by Crippen LogP contribution is 2.20. The lowest BCUT2D eigenvalue weighted by Gasteiger charge is -2.08. The van der Waals surface area contributed by atoms with Gasteiger partial charge in [0.25, 0.3) is 0 Å². The van der Waals surface area contributed by atoms with Gasteiger partial charge in [0.15, 0.2) is 11.6 Å². The van der Waals surface area contributed by atoms with Crippen LogP contribution >= 0.6 is 0 Å². The molecule has 1 aromatic carbocycles. The van der Waals surface area contributed by atoms with E-state index in [9.17, 15) is 9.18 Å². The SMILES string of the molecule is CCCCCCCCCOc1cccc(C(=O)O)c1F. The van der Waals surface area contributed by atoms with Crippen LogP contribution < -0.4 is 4.74 Å². The Morgan fingerprint density at radius 3 is 2.45 bits per heavy atom. The molecule has 1 N–H and O–H groups in total. The zero-order valence-corrected chi connectivity index (χ0v) is 12.0. The van der Waals surface area contributed by atoms with E-state index in [1.54, 1.807) is 0 Å². The number of halogens is 1. The summed E-state index contributed by atoms with van der Waals surface area (Å²) in [4.78, 5) is 10.8. The number of hydrogen-bond donors (Lipinski definition) is 1. The highest BCUT2D eigenvalue weighted by molar-refractivity contribution is 5.88. The van der Waals surface area contributed by atoms with Crippen LogP contribution in [0.2, 0.25) is 0 Å². The first-order chi connectivity index (χ1) is 9.66. The Balaban J connectivity index is 2.25. The molecule has 0 unspecified atom stereocenters. The number of carboxylic acid groups (broad SMARTS) is 1. The molecule has 112 valence electrons. The number of ether oxygens (including phenoxy) is 1. The molecule has 0 bridgehead atoms. The maximum absolute atomic E-state index is 13.7. The lowest BCUT2D eigenvalue weighted by molar-refractivity contribution is 0.0690. The van der Waals surface area contributed by atoms with E-state index in [-0.39, 0.29) is 11.3 Å². The highest BCUT2D eigenvalue weighted by atomic mass is 19.1. The van der Waals surface area contributed by atoms with Crippen molar-refractivity contribution in [3.63, 3.8) is 0 Å². The molecule has 0 spiro atoms. The number of unbranched alkanes of at least 4 members (excludes halogenated alkanes) is 6. The van der Waals surface area contributed by atoms with E-state index < -0.39 is 11.8 Å². The highest BCUT2D eigenvalue weighted by Gasteiger charge is 2.14. The maximum atomic E-state index is 13.7. The zero-order chi connectivity index (χ0) is 14.8. The molecular formula is C16H23FO3. The van der Waals surface area contributed by atoms with Crippen LogP contribution in [0.25, 0.3) is 0 Å². The van der Waals surface area contributed by atoms with E-state index in [0.29, 0.717) is 6.61 Å². The van der Waals surface area contributed by atoms with Gasteiger partial charge in [-0.05, 0) is 18.6 Å². The molecule has 4 heteroatoms. The van der Waals surface area contributed by atoms with Gasteiger partial charge in [-0.1, -0.05) is 51.5 Å². The summed E-state index contributed by atoms with van der Waals surface area (Å²) < 4.78 is 19.0. The molecule has 0 aromatic heterocycles. The molecule has 0 amide bonds. The number of rotatable bonds is 10. The molecule has 1 aromatic rings. The molecule has 1 rings (SSSR count). The standard InChI is InChI=1S/C16H23FO3/c1-2-3-4-5-6-7-8-12-20-14-11-9-10-13(15(14)17)16(18)19/h9-11H,2-8,12H2,1H3,(H,18,19). The van der Waals surface area contributed by atoms with Crippen molar-refractivity contribution in [2.24, 2.45) is 0 Å².